The molecule has 0 radical (unpaired) electrons. The number of carbonyl (C=O) groups excluding carboxylic acids is 1. The van der Waals surface area contributed by atoms with E-state index >= 15 is 0 Å². The van der Waals surface area contributed by atoms with Crippen molar-refractivity contribution in [2.75, 3.05) is 0 Å². The molecule has 0 unspecified atom stereocenters. The van der Waals surface area contributed by atoms with Gasteiger partial charge in [-0.1, -0.05) is 12.5 Å². The second-order valence-electron chi connectivity index (χ2n) is 8.43. The standard InChI is InChI=1S/C19H28O2/c1-19-9-8-16-15-6-3-13(20)10-12(15)2-5-17(16)18(19)7-4-14(21)11-19/h10,14-18,21H,2-9,11H2,1H3/t14-,15-,16+,17-,18-,19+/m0/s1. The Morgan fingerprint density at radius 3 is 2.81 bits per heavy atom. The van der Waals surface area contributed by atoms with E-state index in [1.54, 1.807) is 0 Å². The molecule has 1 N–H and O–H groups in total. The summed E-state index contributed by atoms with van der Waals surface area (Å²) in [7, 11) is 0. The minimum absolute atomic E-state index is 0.0610. The fourth-order valence-electron chi connectivity index (χ4n) is 6.40. The molecule has 0 aromatic carbocycles. The van der Waals surface area contributed by atoms with Crippen molar-refractivity contribution < 1.29 is 9.90 Å². The van der Waals surface area contributed by atoms with Crippen LogP contribution < -0.4 is 0 Å². The van der Waals surface area contributed by atoms with Gasteiger partial charge in [-0.3, -0.25) is 4.79 Å². The maximum Gasteiger partial charge on any atom is 0.155 e. The summed E-state index contributed by atoms with van der Waals surface area (Å²) < 4.78 is 0. The highest BCUT2D eigenvalue weighted by molar-refractivity contribution is 5.91. The average molecular weight is 288 g/mol. The Kier molecular flexibility index (Phi) is 3.29. The molecule has 0 bridgehead atoms. The molecule has 4 aliphatic rings. The molecule has 0 aliphatic heterocycles. The maximum absolute atomic E-state index is 11.7. The van der Waals surface area contributed by atoms with E-state index in [1.807, 2.05) is 6.08 Å². The molecule has 21 heavy (non-hydrogen) atoms. The highest BCUT2D eigenvalue weighted by atomic mass is 16.3. The summed E-state index contributed by atoms with van der Waals surface area (Å²) in [5.41, 5.74) is 1.86. The van der Waals surface area contributed by atoms with Gasteiger partial charge in [0.25, 0.3) is 0 Å². The SMILES string of the molecule is C[C@]12CC[C@H]3[C@H](CCC4=CC(=O)CC[C@@H]43)[C@@H]1CC[C@H](O)C2. The molecule has 4 aliphatic carbocycles. The van der Waals surface area contributed by atoms with Crippen LogP contribution in [0.5, 0.6) is 0 Å². The normalized spacial score (nSPS) is 49.7. The lowest BCUT2D eigenvalue weighted by Gasteiger charge is -2.57. The Balaban J connectivity index is 1.60. The van der Waals surface area contributed by atoms with Crippen molar-refractivity contribution in [2.24, 2.45) is 29.1 Å². The summed E-state index contributed by atoms with van der Waals surface area (Å²) in [5, 5.41) is 10.1. The minimum Gasteiger partial charge on any atom is -0.393 e. The zero-order valence-corrected chi connectivity index (χ0v) is 13.2. The van der Waals surface area contributed by atoms with Crippen LogP contribution in [0.3, 0.4) is 0 Å². The van der Waals surface area contributed by atoms with Gasteiger partial charge in [-0.2, -0.15) is 0 Å². The van der Waals surface area contributed by atoms with Gasteiger partial charge in [-0.25, -0.2) is 0 Å². The molecule has 0 heterocycles. The highest BCUT2D eigenvalue weighted by Crippen LogP contribution is 2.60. The lowest BCUT2D eigenvalue weighted by atomic mass is 9.48. The molecule has 0 spiro atoms. The van der Waals surface area contributed by atoms with Crippen LogP contribution in [-0.2, 0) is 4.79 Å². The molecule has 116 valence electrons. The van der Waals surface area contributed by atoms with Crippen LogP contribution in [0.2, 0.25) is 0 Å². The number of hydrogen-bond acceptors (Lipinski definition) is 2. The van der Waals surface area contributed by atoms with E-state index in [-0.39, 0.29) is 6.10 Å². The van der Waals surface area contributed by atoms with Crippen LogP contribution in [0.15, 0.2) is 11.6 Å². The van der Waals surface area contributed by atoms with Gasteiger partial charge in [0.05, 0.1) is 6.10 Å². The van der Waals surface area contributed by atoms with E-state index in [4.69, 9.17) is 0 Å². The number of allylic oxidation sites excluding steroid dienone is 2. The number of rotatable bonds is 0. The van der Waals surface area contributed by atoms with Crippen LogP contribution >= 0.6 is 0 Å². The first-order valence-electron chi connectivity index (χ1n) is 8.98. The second kappa shape index (κ2) is 4.94. The molecule has 4 rings (SSSR count). The minimum atomic E-state index is -0.0610. The quantitative estimate of drug-likeness (QED) is 0.734. The van der Waals surface area contributed by atoms with Gasteiger partial charge < -0.3 is 5.11 Å². The number of carbonyl (C=O) groups is 1. The van der Waals surface area contributed by atoms with Crippen molar-refractivity contribution in [3.63, 3.8) is 0 Å². The summed E-state index contributed by atoms with van der Waals surface area (Å²) in [6.45, 7) is 2.44. The molecule has 0 aromatic heterocycles. The zero-order valence-electron chi connectivity index (χ0n) is 13.2. The number of hydrogen-bond donors (Lipinski definition) is 1. The Bertz CT molecular complexity index is 480. The van der Waals surface area contributed by atoms with Crippen LogP contribution in [0.1, 0.15) is 64.7 Å². The zero-order chi connectivity index (χ0) is 14.6. The predicted octanol–water partition coefficient (Wildman–Crippen LogP) is 3.88. The summed E-state index contributed by atoms with van der Waals surface area (Å²) in [4.78, 5) is 11.7. The van der Waals surface area contributed by atoms with Gasteiger partial charge in [0, 0.05) is 6.42 Å². The van der Waals surface area contributed by atoms with E-state index in [2.05, 4.69) is 6.92 Å². The molecule has 2 nitrogen and oxygen atoms in total. The van der Waals surface area contributed by atoms with Gasteiger partial charge in [-0.05, 0) is 86.5 Å². The highest BCUT2D eigenvalue weighted by Gasteiger charge is 2.52. The maximum atomic E-state index is 11.7. The third-order valence-electron chi connectivity index (χ3n) is 7.33. The third-order valence-corrected chi connectivity index (χ3v) is 7.33. The van der Waals surface area contributed by atoms with E-state index in [1.165, 1.54) is 31.3 Å². The topological polar surface area (TPSA) is 37.3 Å². The van der Waals surface area contributed by atoms with Gasteiger partial charge in [0.2, 0.25) is 0 Å². The first-order valence-corrected chi connectivity index (χ1v) is 8.98. The Morgan fingerprint density at radius 2 is 1.95 bits per heavy atom. The first-order chi connectivity index (χ1) is 10.1. The van der Waals surface area contributed by atoms with Crippen LogP contribution in [0, 0.1) is 29.1 Å². The van der Waals surface area contributed by atoms with Crippen LogP contribution in [0.25, 0.3) is 0 Å². The van der Waals surface area contributed by atoms with Crippen molar-refractivity contribution in [1.29, 1.82) is 0 Å². The largest absolute Gasteiger partial charge is 0.393 e. The number of ketones is 1. The molecule has 6 atom stereocenters. The molecule has 0 saturated heterocycles. The first kappa shape index (κ1) is 14.0. The molecule has 0 aromatic rings. The molecule has 3 saturated carbocycles. The van der Waals surface area contributed by atoms with Crippen LogP contribution in [0.4, 0.5) is 0 Å². The number of aliphatic hydroxyl groups is 1. The Labute approximate surface area is 128 Å². The summed E-state index contributed by atoms with van der Waals surface area (Å²) >= 11 is 0. The van der Waals surface area contributed by atoms with Gasteiger partial charge in [-0.15, -0.1) is 0 Å². The van der Waals surface area contributed by atoms with Crippen molar-refractivity contribution >= 4 is 5.78 Å². The Hall–Kier alpha value is -0.630. The molecular formula is C19H28O2. The fourth-order valence-corrected chi connectivity index (χ4v) is 6.40. The molecule has 3 fully saturated rings. The summed E-state index contributed by atoms with van der Waals surface area (Å²) in [6.07, 6.45) is 12.1. The monoisotopic (exact) mass is 288 g/mol. The van der Waals surface area contributed by atoms with Gasteiger partial charge >= 0.3 is 0 Å². The van der Waals surface area contributed by atoms with Gasteiger partial charge in [0.15, 0.2) is 5.78 Å². The van der Waals surface area contributed by atoms with E-state index in [9.17, 15) is 9.90 Å². The predicted molar refractivity (Wildman–Crippen MR) is 82.7 cm³/mol. The smallest absolute Gasteiger partial charge is 0.155 e. The van der Waals surface area contributed by atoms with E-state index < -0.39 is 0 Å². The lowest BCUT2D eigenvalue weighted by Crippen LogP contribution is -2.50. The fraction of sp³-hybridized carbons (Fsp3) is 0.842. The van der Waals surface area contributed by atoms with Crippen LogP contribution in [-0.4, -0.2) is 17.0 Å². The third kappa shape index (κ3) is 2.21. The van der Waals surface area contributed by atoms with E-state index in [0.29, 0.717) is 17.1 Å². The van der Waals surface area contributed by atoms with Crippen molar-refractivity contribution in [1.82, 2.24) is 0 Å². The summed E-state index contributed by atoms with van der Waals surface area (Å²) in [6, 6.07) is 0. The summed E-state index contributed by atoms with van der Waals surface area (Å²) in [5.74, 6) is 3.57. The van der Waals surface area contributed by atoms with Crippen molar-refractivity contribution in [3.05, 3.63) is 11.6 Å². The lowest BCUT2D eigenvalue weighted by molar-refractivity contribution is -0.116. The van der Waals surface area contributed by atoms with Crippen molar-refractivity contribution in [2.45, 2.75) is 70.8 Å². The molecule has 2 heteroatoms. The van der Waals surface area contributed by atoms with E-state index in [0.717, 1.165) is 49.9 Å². The molecule has 0 amide bonds. The van der Waals surface area contributed by atoms with Gasteiger partial charge in [0.1, 0.15) is 0 Å². The molecular weight excluding hydrogens is 260 g/mol. The average Bonchev–Trinajstić information content (AvgIpc) is 2.45. The Morgan fingerprint density at radius 1 is 1.10 bits per heavy atom. The number of aliphatic hydroxyl groups excluding tert-OH is 1. The van der Waals surface area contributed by atoms with Crippen molar-refractivity contribution in [3.8, 4) is 0 Å². The second-order valence-corrected chi connectivity index (χ2v) is 8.43. The number of fused-ring (bicyclic) bond motifs is 5.